The molecule has 1 aliphatic heterocycles. The van der Waals surface area contributed by atoms with Gasteiger partial charge in [0.05, 0.1) is 6.54 Å². The molecule has 1 aromatic heterocycles. The number of nitrogens with zero attached hydrogens (tertiary/aromatic N) is 3. The highest BCUT2D eigenvalue weighted by Gasteiger charge is 2.19. The third-order valence-electron chi connectivity index (χ3n) is 4.00. The van der Waals surface area contributed by atoms with Crippen LogP contribution >= 0.6 is 0 Å². The van der Waals surface area contributed by atoms with Crippen molar-refractivity contribution in [2.75, 3.05) is 13.7 Å². The fraction of sp³-hybridized carbons (Fsp3) is 0.438. The summed E-state index contributed by atoms with van der Waals surface area (Å²) in [5.41, 5.74) is 1.04. The maximum Gasteiger partial charge on any atom is 0.257 e. The van der Waals surface area contributed by atoms with Gasteiger partial charge in [-0.2, -0.15) is 5.10 Å². The second-order valence-corrected chi connectivity index (χ2v) is 5.54. The van der Waals surface area contributed by atoms with Crippen molar-refractivity contribution in [3.63, 3.8) is 0 Å². The molecule has 0 fully saturated rings. The number of benzene rings is 1. The van der Waals surface area contributed by atoms with E-state index >= 15 is 0 Å². The Morgan fingerprint density at radius 2 is 2.30 bits per heavy atom. The van der Waals surface area contributed by atoms with Gasteiger partial charge in [-0.1, -0.05) is 18.2 Å². The number of aromatic nitrogens is 3. The average molecular weight is 315 g/mol. The topological polar surface area (TPSA) is 81.1 Å². The van der Waals surface area contributed by atoms with Gasteiger partial charge < -0.3 is 15.4 Å². The summed E-state index contributed by atoms with van der Waals surface area (Å²) in [6, 6.07) is 8.13. The van der Waals surface area contributed by atoms with Crippen molar-refractivity contribution in [2.45, 2.75) is 32.0 Å². The number of para-hydroxylation sites is 1. The molecule has 0 radical (unpaired) electrons. The standard InChI is InChI=1S/C16H21N5O2/c1-17-16(22)10-23-14-5-3-2-4-12(14)8-18-13-6-7-15-19-11-20-21(15)9-13/h2-5,11,13,18H,6-10H2,1H3,(H,17,22)/t13-/m0/s1. The van der Waals surface area contributed by atoms with Crippen LogP contribution in [0.4, 0.5) is 0 Å². The van der Waals surface area contributed by atoms with Crippen molar-refractivity contribution in [2.24, 2.45) is 0 Å². The molecule has 3 rings (SSSR count). The number of nitrogens with one attached hydrogen (secondary N) is 2. The molecule has 0 aliphatic carbocycles. The number of amides is 1. The lowest BCUT2D eigenvalue weighted by Crippen LogP contribution is -2.37. The number of carbonyl (C=O) groups is 1. The molecule has 0 spiro atoms. The van der Waals surface area contributed by atoms with Gasteiger partial charge in [0, 0.05) is 31.6 Å². The summed E-state index contributed by atoms with van der Waals surface area (Å²) in [6.07, 6.45) is 3.59. The molecule has 0 bridgehead atoms. The predicted molar refractivity (Wildman–Crippen MR) is 85.0 cm³/mol. The SMILES string of the molecule is CNC(=O)COc1ccccc1CN[C@H]1CCc2ncnn2C1. The Bertz CT molecular complexity index is 670. The van der Waals surface area contributed by atoms with Crippen LogP contribution in [-0.2, 0) is 24.3 Å². The van der Waals surface area contributed by atoms with E-state index in [0.29, 0.717) is 12.6 Å². The average Bonchev–Trinajstić information content (AvgIpc) is 3.06. The maximum absolute atomic E-state index is 11.3. The Labute approximate surface area is 135 Å². The van der Waals surface area contributed by atoms with E-state index in [1.165, 1.54) is 0 Å². The van der Waals surface area contributed by atoms with Crippen molar-refractivity contribution in [3.05, 3.63) is 42.0 Å². The Kier molecular flexibility index (Phi) is 4.87. The van der Waals surface area contributed by atoms with Gasteiger partial charge >= 0.3 is 0 Å². The van der Waals surface area contributed by atoms with Crippen LogP contribution in [0.15, 0.2) is 30.6 Å². The third kappa shape index (κ3) is 3.87. The quantitative estimate of drug-likeness (QED) is 0.812. The van der Waals surface area contributed by atoms with Crippen molar-refractivity contribution in [3.8, 4) is 5.75 Å². The van der Waals surface area contributed by atoms with Crippen molar-refractivity contribution in [1.29, 1.82) is 0 Å². The predicted octanol–water partition coefficient (Wildman–Crippen LogP) is 0.507. The summed E-state index contributed by atoms with van der Waals surface area (Å²) in [6.45, 7) is 1.55. The zero-order valence-electron chi connectivity index (χ0n) is 13.2. The van der Waals surface area contributed by atoms with Crippen LogP contribution in [-0.4, -0.2) is 40.4 Å². The molecule has 2 heterocycles. The number of aryl methyl sites for hydroxylation is 1. The van der Waals surface area contributed by atoms with E-state index in [9.17, 15) is 4.79 Å². The first-order valence-electron chi connectivity index (χ1n) is 7.77. The molecule has 1 aromatic carbocycles. The van der Waals surface area contributed by atoms with Gasteiger partial charge in [-0.05, 0) is 12.5 Å². The highest BCUT2D eigenvalue weighted by molar-refractivity contribution is 5.77. The zero-order chi connectivity index (χ0) is 16.1. The molecule has 122 valence electrons. The lowest BCUT2D eigenvalue weighted by atomic mass is 10.1. The summed E-state index contributed by atoms with van der Waals surface area (Å²) in [5, 5.41) is 10.3. The van der Waals surface area contributed by atoms with Gasteiger partial charge in [-0.3, -0.25) is 4.79 Å². The van der Waals surface area contributed by atoms with Crippen LogP contribution in [0, 0.1) is 0 Å². The van der Waals surface area contributed by atoms with Crippen molar-refractivity contribution in [1.82, 2.24) is 25.4 Å². The smallest absolute Gasteiger partial charge is 0.257 e. The van der Waals surface area contributed by atoms with Crippen LogP contribution in [0.3, 0.4) is 0 Å². The van der Waals surface area contributed by atoms with E-state index in [1.807, 2.05) is 28.9 Å². The van der Waals surface area contributed by atoms with Gasteiger partial charge in [0.1, 0.15) is 17.9 Å². The molecule has 7 nitrogen and oxygen atoms in total. The molecule has 2 N–H and O–H groups in total. The summed E-state index contributed by atoms with van der Waals surface area (Å²) >= 11 is 0. The largest absolute Gasteiger partial charge is 0.483 e. The fourth-order valence-electron chi connectivity index (χ4n) is 2.66. The number of rotatable bonds is 6. The van der Waals surface area contributed by atoms with Crippen LogP contribution in [0.2, 0.25) is 0 Å². The van der Waals surface area contributed by atoms with Crippen LogP contribution in [0.5, 0.6) is 5.75 Å². The lowest BCUT2D eigenvalue weighted by molar-refractivity contribution is -0.122. The van der Waals surface area contributed by atoms with Crippen molar-refractivity contribution >= 4 is 5.91 Å². The molecule has 0 unspecified atom stereocenters. The van der Waals surface area contributed by atoms with Crippen LogP contribution in [0.1, 0.15) is 17.8 Å². The number of fused-ring (bicyclic) bond motifs is 1. The van der Waals surface area contributed by atoms with E-state index in [-0.39, 0.29) is 12.5 Å². The van der Waals surface area contributed by atoms with E-state index in [2.05, 4.69) is 20.7 Å². The van der Waals surface area contributed by atoms with E-state index in [0.717, 1.165) is 36.5 Å². The molecule has 0 saturated carbocycles. The number of ether oxygens (including phenoxy) is 1. The summed E-state index contributed by atoms with van der Waals surface area (Å²) in [4.78, 5) is 15.6. The van der Waals surface area contributed by atoms with Gasteiger partial charge in [0.2, 0.25) is 0 Å². The molecule has 1 amide bonds. The second-order valence-electron chi connectivity index (χ2n) is 5.54. The fourth-order valence-corrected chi connectivity index (χ4v) is 2.66. The monoisotopic (exact) mass is 315 g/mol. The minimum Gasteiger partial charge on any atom is -0.483 e. The highest BCUT2D eigenvalue weighted by Crippen LogP contribution is 2.19. The minimum atomic E-state index is -0.140. The summed E-state index contributed by atoms with van der Waals surface area (Å²) in [5.74, 6) is 1.65. The number of hydrogen-bond donors (Lipinski definition) is 2. The normalized spacial score (nSPS) is 16.7. The molecule has 0 saturated heterocycles. The first kappa shape index (κ1) is 15.5. The van der Waals surface area contributed by atoms with Gasteiger partial charge in [0.15, 0.2) is 6.61 Å². The third-order valence-corrected chi connectivity index (χ3v) is 4.00. The van der Waals surface area contributed by atoms with Gasteiger partial charge in [-0.25, -0.2) is 9.67 Å². The first-order valence-corrected chi connectivity index (χ1v) is 7.77. The molecule has 1 aliphatic rings. The molecule has 23 heavy (non-hydrogen) atoms. The summed E-state index contributed by atoms with van der Waals surface area (Å²) < 4.78 is 7.55. The Morgan fingerprint density at radius 3 is 3.17 bits per heavy atom. The van der Waals surface area contributed by atoms with E-state index < -0.39 is 0 Å². The molecule has 2 aromatic rings. The number of hydrogen-bond acceptors (Lipinski definition) is 5. The van der Waals surface area contributed by atoms with Gasteiger partial charge in [-0.15, -0.1) is 0 Å². The first-order chi connectivity index (χ1) is 11.3. The van der Waals surface area contributed by atoms with E-state index in [1.54, 1.807) is 13.4 Å². The Balaban J connectivity index is 1.57. The minimum absolute atomic E-state index is 0.0270. The molecular formula is C16H21N5O2. The van der Waals surface area contributed by atoms with Crippen LogP contribution < -0.4 is 15.4 Å². The second kappa shape index (κ2) is 7.23. The number of carbonyl (C=O) groups excluding carboxylic acids is 1. The Morgan fingerprint density at radius 1 is 1.43 bits per heavy atom. The van der Waals surface area contributed by atoms with Gasteiger partial charge in [0.25, 0.3) is 5.91 Å². The number of likely N-dealkylation sites (N-methyl/N-ethyl adjacent to an activating group) is 1. The molecule has 7 heteroatoms. The highest BCUT2D eigenvalue weighted by atomic mass is 16.5. The van der Waals surface area contributed by atoms with Crippen LogP contribution in [0.25, 0.3) is 0 Å². The molecule has 1 atom stereocenters. The maximum atomic E-state index is 11.3. The lowest BCUT2D eigenvalue weighted by Gasteiger charge is -2.24. The Hall–Kier alpha value is -2.41. The van der Waals surface area contributed by atoms with E-state index in [4.69, 9.17) is 4.74 Å². The van der Waals surface area contributed by atoms with Crippen molar-refractivity contribution < 1.29 is 9.53 Å². The zero-order valence-corrected chi connectivity index (χ0v) is 13.2. The summed E-state index contributed by atoms with van der Waals surface area (Å²) in [7, 11) is 1.60. The molecular weight excluding hydrogens is 294 g/mol.